The minimum Gasteiger partial charge on any atom is -0.393 e. The lowest BCUT2D eigenvalue weighted by Crippen LogP contribution is -2.83. The Bertz CT molecular complexity index is 1510. The van der Waals surface area contributed by atoms with Gasteiger partial charge >= 0.3 is 0 Å². The molecule has 10 heteroatoms. The van der Waals surface area contributed by atoms with E-state index in [0.29, 0.717) is 37.9 Å². The van der Waals surface area contributed by atoms with Crippen molar-refractivity contribution >= 4 is 11.9 Å². The fourth-order valence-corrected chi connectivity index (χ4v) is 10.4. The largest absolute Gasteiger partial charge is 0.393 e. The van der Waals surface area contributed by atoms with E-state index in [-0.39, 0.29) is 41.4 Å². The number of halogens is 1. The van der Waals surface area contributed by atoms with Crippen LogP contribution in [0, 0.1) is 34.4 Å². The van der Waals surface area contributed by atoms with Gasteiger partial charge in [-0.25, -0.2) is 9.07 Å². The minimum atomic E-state index is -1.24. The van der Waals surface area contributed by atoms with Crippen molar-refractivity contribution in [1.29, 1.82) is 0 Å². The van der Waals surface area contributed by atoms with Gasteiger partial charge in [0.15, 0.2) is 17.7 Å². The molecule has 9 nitrogen and oxygen atoms in total. The molecule has 0 bridgehead atoms. The highest BCUT2D eigenvalue weighted by molar-refractivity contribution is 5.91. The molecule has 5 aliphatic rings. The summed E-state index contributed by atoms with van der Waals surface area (Å²) in [6.07, 6.45) is 7.79. The van der Waals surface area contributed by atoms with Crippen molar-refractivity contribution in [3.05, 3.63) is 52.6 Å². The van der Waals surface area contributed by atoms with Gasteiger partial charge in [0.2, 0.25) is 0 Å². The van der Waals surface area contributed by atoms with Crippen molar-refractivity contribution in [2.24, 2.45) is 28.6 Å². The van der Waals surface area contributed by atoms with Crippen LogP contribution in [0.1, 0.15) is 76.1 Å². The third-order valence-electron chi connectivity index (χ3n) is 12.3. The molecule has 45 heavy (non-hydrogen) atoms. The van der Waals surface area contributed by atoms with Crippen LogP contribution in [0.5, 0.6) is 0 Å². The number of carbonyl (C=O) groups is 1. The number of benzene rings is 1. The zero-order chi connectivity index (χ0) is 31.7. The molecule has 1 saturated heterocycles. The lowest BCUT2D eigenvalue weighted by molar-refractivity contribution is -0.671. The normalized spacial score (nSPS) is 38.2. The molecule has 0 unspecified atom stereocenters. The molecule has 0 amide bonds. The number of ketones is 1. The van der Waals surface area contributed by atoms with Crippen molar-refractivity contribution < 1.29 is 39.3 Å². The molecule has 4 fully saturated rings. The second kappa shape index (κ2) is 11.3. The Kier molecular flexibility index (Phi) is 7.86. The number of allylic oxidation sites excluding steroid dienone is 1. The summed E-state index contributed by atoms with van der Waals surface area (Å²) >= 11 is 0. The fraction of sp³-hybridized carbons (Fsp3) is 0.657. The van der Waals surface area contributed by atoms with E-state index in [1.54, 1.807) is 6.07 Å². The van der Waals surface area contributed by atoms with Crippen LogP contribution in [0.4, 0.5) is 4.39 Å². The summed E-state index contributed by atoms with van der Waals surface area (Å²) < 4.78 is 29.4. The van der Waals surface area contributed by atoms with E-state index in [9.17, 15) is 19.4 Å². The van der Waals surface area contributed by atoms with Crippen molar-refractivity contribution in [1.82, 2.24) is 9.78 Å². The highest BCUT2D eigenvalue weighted by atomic mass is 19.1. The molecule has 0 radical (unpaired) electrons. The van der Waals surface area contributed by atoms with E-state index in [4.69, 9.17) is 19.7 Å². The van der Waals surface area contributed by atoms with Gasteiger partial charge in [0.1, 0.15) is 19.0 Å². The van der Waals surface area contributed by atoms with E-state index in [2.05, 4.69) is 26.8 Å². The monoisotopic (exact) mass is 624 g/mol. The van der Waals surface area contributed by atoms with Crippen LogP contribution in [0.25, 0.3) is 11.8 Å². The maximum absolute atomic E-state index is 14.6. The Morgan fingerprint density at radius 1 is 1.27 bits per heavy atom. The quantitative estimate of drug-likeness (QED) is 0.316. The van der Waals surface area contributed by atoms with Gasteiger partial charge in [0, 0.05) is 11.0 Å². The zero-order valence-corrected chi connectivity index (χ0v) is 26.5. The Morgan fingerprint density at radius 2 is 2.09 bits per heavy atom. The van der Waals surface area contributed by atoms with Crippen LogP contribution in [-0.2, 0) is 27.2 Å². The van der Waals surface area contributed by atoms with Gasteiger partial charge in [-0.15, -0.1) is 0 Å². The van der Waals surface area contributed by atoms with Gasteiger partial charge in [-0.3, -0.25) is 4.79 Å². The fourth-order valence-electron chi connectivity index (χ4n) is 10.4. The number of quaternary nitrogens is 1. The predicted molar refractivity (Wildman–Crippen MR) is 163 cm³/mol. The molecule has 5 N–H and O–H groups in total. The first kappa shape index (κ1) is 31.1. The highest BCUT2D eigenvalue weighted by Crippen LogP contribution is 2.70. The van der Waals surface area contributed by atoms with Gasteiger partial charge in [0.05, 0.1) is 42.9 Å². The lowest BCUT2D eigenvalue weighted by atomic mass is 9.45. The first-order valence-electron chi connectivity index (χ1n) is 16.8. The average Bonchev–Trinajstić information content (AvgIpc) is 3.66. The number of Topliss-reactive ketones (excluding diaryl/α,β-unsaturated/α-hetero) is 1. The number of rotatable bonds is 9. The summed E-state index contributed by atoms with van der Waals surface area (Å²) in [6.45, 7) is 6.83. The van der Waals surface area contributed by atoms with E-state index in [1.807, 2.05) is 22.3 Å². The van der Waals surface area contributed by atoms with E-state index >= 15 is 0 Å². The number of nitrogens with two attached hydrogens (primary N) is 1. The molecule has 0 spiro atoms. The summed E-state index contributed by atoms with van der Waals surface area (Å²) in [6, 6.07) is 5.07. The molecule has 9 atom stereocenters. The molecule has 3 saturated carbocycles. The predicted octanol–water partition coefficient (Wildman–Crippen LogP) is 2.67. The highest BCUT2D eigenvalue weighted by Gasteiger charge is 2.75. The first-order chi connectivity index (χ1) is 21.6. The third kappa shape index (κ3) is 4.47. The molecular formula is C35H47FN3O6+. The van der Waals surface area contributed by atoms with Gasteiger partial charge in [0.25, 0.3) is 0 Å². The van der Waals surface area contributed by atoms with Crippen molar-refractivity contribution in [3.8, 4) is 5.69 Å². The standard InChI is InChI=1S/C35H46FN3O6/c1-4-5-31-44-30-14-25-24-8-6-22-13-27-21(18-38-39(27)23-7-9-26(36)20(12-23)17-37-10-11-40)15-33(22,2)32(24)28(42)16-34(25,3)35(30,45-31)29(43)19-41/h7,9,12-13,18,24-25,28,30-32,37,40-42H,4-6,8,10-11,14-17,19H2,1-3H3/p+1/t24-,25-,28-,30+,31+,32+,33-,34-,35+/m0/s1. The van der Waals surface area contributed by atoms with Crippen LogP contribution in [-0.4, -0.2) is 74.7 Å². The van der Waals surface area contributed by atoms with E-state index in [1.165, 1.54) is 11.6 Å². The van der Waals surface area contributed by atoms with Crippen LogP contribution in [0.2, 0.25) is 0 Å². The average molecular weight is 625 g/mol. The van der Waals surface area contributed by atoms with Gasteiger partial charge < -0.3 is 30.1 Å². The molecule has 1 aliphatic heterocycles. The van der Waals surface area contributed by atoms with E-state index in [0.717, 1.165) is 42.6 Å². The molecule has 244 valence electrons. The first-order valence-corrected chi connectivity index (χ1v) is 16.8. The number of aliphatic hydroxyl groups is 3. The Hall–Kier alpha value is -2.47. The van der Waals surface area contributed by atoms with Crippen LogP contribution >= 0.6 is 0 Å². The van der Waals surface area contributed by atoms with Crippen molar-refractivity contribution in [2.45, 2.75) is 96.4 Å². The number of nitrogens with zero attached hydrogens (tertiary/aromatic N) is 2. The van der Waals surface area contributed by atoms with Crippen LogP contribution < -0.4 is 5.32 Å². The molecule has 1 aromatic heterocycles. The Morgan fingerprint density at radius 3 is 2.84 bits per heavy atom. The summed E-state index contributed by atoms with van der Waals surface area (Å²) in [4.78, 5) is 13.6. The Labute approximate surface area is 263 Å². The molecule has 4 aliphatic carbocycles. The number of ether oxygens (including phenoxy) is 2. The smallest absolute Gasteiger partial charge is 0.193 e. The molecular weight excluding hydrogens is 577 g/mol. The van der Waals surface area contributed by atoms with Crippen molar-refractivity contribution in [2.75, 3.05) is 19.8 Å². The summed E-state index contributed by atoms with van der Waals surface area (Å²) in [5.41, 5.74) is 2.61. The lowest BCUT2D eigenvalue weighted by Gasteiger charge is -2.60. The number of hydrogen-bond acceptors (Lipinski definition) is 7. The molecule has 2 heterocycles. The summed E-state index contributed by atoms with van der Waals surface area (Å²) in [7, 11) is 0. The Balaban J connectivity index is 1.20. The maximum Gasteiger partial charge on any atom is 0.193 e. The van der Waals surface area contributed by atoms with Gasteiger partial charge in [-0.1, -0.05) is 32.8 Å². The summed E-state index contributed by atoms with van der Waals surface area (Å²) in [5.74, 6) is -0.297. The van der Waals surface area contributed by atoms with Crippen LogP contribution in [0.3, 0.4) is 0 Å². The van der Waals surface area contributed by atoms with Crippen LogP contribution in [0.15, 0.2) is 30.0 Å². The number of fused-ring (bicyclic) bond motifs is 8. The van der Waals surface area contributed by atoms with Gasteiger partial charge in [-0.2, -0.15) is 5.10 Å². The molecule has 2 aromatic rings. The topological polar surface area (TPSA) is 131 Å². The maximum atomic E-state index is 14.6. The molecule has 7 rings (SSSR count). The van der Waals surface area contributed by atoms with E-state index < -0.39 is 36.1 Å². The SMILES string of the molecule is CCC[C@@H]1O[C@@H]2C[C@H]3[C@@H]4CCC5=Cc6c(cnn6-c6ccc(F)c(C[NH2+]CCO)c6)C[C@]5(C)[C@H]4[C@@H](O)C[C@]3(C)[C@]2(C(=O)CO)O1. The minimum absolute atomic E-state index is 0.00175. The molecule has 1 aromatic carbocycles. The number of carbonyl (C=O) groups excluding carboxylic acids is 1. The van der Waals surface area contributed by atoms with Gasteiger partial charge in [-0.05, 0) is 91.5 Å². The third-order valence-corrected chi connectivity index (χ3v) is 12.3. The number of aromatic nitrogens is 2. The summed E-state index contributed by atoms with van der Waals surface area (Å²) in [5, 5.41) is 38.0. The second-order valence-corrected chi connectivity index (χ2v) is 14.5. The zero-order valence-electron chi connectivity index (χ0n) is 26.5. The van der Waals surface area contributed by atoms with Crippen molar-refractivity contribution in [3.63, 3.8) is 0 Å². The number of aliphatic hydroxyl groups excluding tert-OH is 3. The second-order valence-electron chi connectivity index (χ2n) is 14.5. The number of hydrogen-bond donors (Lipinski definition) is 4.